The van der Waals surface area contributed by atoms with E-state index in [0.29, 0.717) is 5.65 Å². The molecule has 0 atom stereocenters. The highest BCUT2D eigenvalue weighted by Crippen LogP contribution is 2.26. The molecular weight excluding hydrogens is 284 g/mol. The number of nitrogens with one attached hydrogen (secondary N) is 1. The van der Waals surface area contributed by atoms with E-state index in [0.717, 1.165) is 27.4 Å². The maximum Gasteiger partial charge on any atom is 0.181 e. The van der Waals surface area contributed by atoms with Gasteiger partial charge in [-0.2, -0.15) is 0 Å². The molecule has 0 aliphatic carbocycles. The molecule has 0 saturated heterocycles. The zero-order valence-electron chi connectivity index (χ0n) is 11.1. The maximum absolute atomic E-state index is 8.81. The number of H-pyrrole nitrogens is 1. The Balaban J connectivity index is 1.83. The van der Waals surface area contributed by atoms with Crippen molar-refractivity contribution in [2.45, 2.75) is 10.8 Å². The molecule has 0 aliphatic rings. The summed E-state index contributed by atoms with van der Waals surface area (Å²) >= 11 is 1.60. The van der Waals surface area contributed by atoms with Crippen molar-refractivity contribution in [1.82, 2.24) is 19.9 Å². The van der Waals surface area contributed by atoms with Crippen molar-refractivity contribution in [2.24, 2.45) is 0 Å². The Morgan fingerprint density at radius 2 is 2.10 bits per heavy atom. The Hall–Kier alpha value is -2.36. The summed E-state index contributed by atoms with van der Waals surface area (Å²) in [5.41, 5.74) is 3.55. The van der Waals surface area contributed by atoms with Crippen molar-refractivity contribution in [3.63, 3.8) is 0 Å². The highest BCUT2D eigenvalue weighted by molar-refractivity contribution is 7.98. The van der Waals surface area contributed by atoms with Crippen LogP contribution in [0.15, 0.2) is 41.9 Å². The smallest absolute Gasteiger partial charge is 0.181 e. The first kappa shape index (κ1) is 13.6. The second kappa shape index (κ2) is 6.39. The van der Waals surface area contributed by atoms with Gasteiger partial charge in [-0.25, -0.2) is 15.0 Å². The van der Waals surface area contributed by atoms with E-state index in [1.54, 1.807) is 18.1 Å². The highest BCUT2D eigenvalue weighted by Gasteiger charge is 2.07. The summed E-state index contributed by atoms with van der Waals surface area (Å²) in [5.74, 6) is 6.39. The molecule has 0 saturated carbocycles. The van der Waals surface area contributed by atoms with Crippen LogP contribution in [-0.2, 0) is 5.75 Å². The first-order valence-corrected chi connectivity index (χ1v) is 7.31. The number of rotatable bonds is 3. The fourth-order valence-corrected chi connectivity index (χ4v) is 2.86. The minimum atomic E-state index is -0.137. The van der Waals surface area contributed by atoms with Gasteiger partial charge in [0.25, 0.3) is 0 Å². The lowest BCUT2D eigenvalue weighted by Crippen LogP contribution is -1.90. The largest absolute Gasteiger partial charge is 0.384 e. The molecule has 2 heterocycles. The van der Waals surface area contributed by atoms with Crippen LogP contribution in [0.25, 0.3) is 11.2 Å². The van der Waals surface area contributed by atoms with Gasteiger partial charge in [0.15, 0.2) is 5.65 Å². The van der Waals surface area contributed by atoms with Gasteiger partial charge < -0.3 is 10.1 Å². The van der Waals surface area contributed by atoms with Gasteiger partial charge in [-0.1, -0.05) is 41.8 Å². The molecule has 3 aromatic rings. The van der Waals surface area contributed by atoms with E-state index in [2.05, 4.69) is 31.8 Å². The molecule has 0 unspecified atom stereocenters. The van der Waals surface area contributed by atoms with E-state index in [1.165, 1.54) is 6.33 Å². The third-order valence-corrected chi connectivity index (χ3v) is 3.91. The Morgan fingerprint density at radius 3 is 3.00 bits per heavy atom. The number of fused-ring (bicyclic) bond motifs is 1. The van der Waals surface area contributed by atoms with Crippen LogP contribution in [0.4, 0.5) is 0 Å². The SMILES string of the molecule is OCC#Cc1ccccc1CSc1ncnc2nc[nH]c12. The van der Waals surface area contributed by atoms with E-state index < -0.39 is 0 Å². The molecule has 0 spiro atoms. The number of aromatic nitrogens is 4. The number of hydrogen-bond acceptors (Lipinski definition) is 5. The van der Waals surface area contributed by atoms with E-state index in [4.69, 9.17) is 5.11 Å². The topological polar surface area (TPSA) is 74.7 Å². The molecule has 0 bridgehead atoms. The molecule has 21 heavy (non-hydrogen) atoms. The molecule has 2 aromatic heterocycles. The minimum absolute atomic E-state index is 0.137. The van der Waals surface area contributed by atoms with Crippen molar-refractivity contribution in [2.75, 3.05) is 6.61 Å². The monoisotopic (exact) mass is 296 g/mol. The summed E-state index contributed by atoms with van der Waals surface area (Å²) in [6, 6.07) is 7.89. The maximum atomic E-state index is 8.81. The molecule has 104 valence electrons. The molecule has 0 aliphatic heterocycles. The van der Waals surface area contributed by atoms with Gasteiger partial charge in [-0.3, -0.25) is 0 Å². The van der Waals surface area contributed by atoms with Crippen molar-refractivity contribution in [3.05, 3.63) is 48.0 Å². The van der Waals surface area contributed by atoms with Gasteiger partial charge in [0, 0.05) is 11.3 Å². The van der Waals surface area contributed by atoms with E-state index in [-0.39, 0.29) is 6.61 Å². The molecule has 0 radical (unpaired) electrons. The van der Waals surface area contributed by atoms with Crippen LogP contribution in [0.3, 0.4) is 0 Å². The standard InChI is InChI=1S/C15H12N4OS/c20-7-3-6-11-4-1-2-5-12(11)8-21-15-13-14(17-9-16-13)18-10-19-15/h1-2,4-5,9-10,20H,7-8H2,(H,16,17,18,19). The molecule has 3 rings (SSSR count). The summed E-state index contributed by atoms with van der Waals surface area (Å²) in [4.78, 5) is 15.6. The number of aliphatic hydroxyl groups is 1. The Kier molecular flexibility index (Phi) is 4.15. The predicted octanol–water partition coefficient (Wildman–Crippen LogP) is 1.99. The van der Waals surface area contributed by atoms with Crippen molar-refractivity contribution in [3.8, 4) is 11.8 Å². The summed E-state index contributed by atoms with van der Waals surface area (Å²) in [6.07, 6.45) is 3.13. The van der Waals surface area contributed by atoms with Crippen LogP contribution in [0, 0.1) is 11.8 Å². The number of imidazole rings is 1. The predicted molar refractivity (Wildman–Crippen MR) is 81.7 cm³/mol. The van der Waals surface area contributed by atoms with Crippen LogP contribution in [0.2, 0.25) is 0 Å². The van der Waals surface area contributed by atoms with Gasteiger partial charge >= 0.3 is 0 Å². The first-order valence-electron chi connectivity index (χ1n) is 6.33. The summed E-state index contributed by atoms with van der Waals surface area (Å²) in [7, 11) is 0. The lowest BCUT2D eigenvalue weighted by molar-refractivity contribution is 0.350. The number of aromatic amines is 1. The molecule has 2 N–H and O–H groups in total. The Morgan fingerprint density at radius 1 is 1.19 bits per heavy atom. The fraction of sp³-hybridized carbons (Fsp3) is 0.133. The summed E-state index contributed by atoms with van der Waals surface area (Å²) in [5, 5.41) is 9.68. The van der Waals surface area contributed by atoms with Crippen molar-refractivity contribution < 1.29 is 5.11 Å². The Labute approximate surface area is 125 Å². The van der Waals surface area contributed by atoms with Gasteiger partial charge in [0.05, 0.1) is 6.33 Å². The number of nitrogens with zero attached hydrogens (tertiary/aromatic N) is 3. The van der Waals surface area contributed by atoms with Crippen LogP contribution >= 0.6 is 11.8 Å². The van der Waals surface area contributed by atoms with Gasteiger partial charge in [-0.05, 0) is 11.6 Å². The van der Waals surface area contributed by atoms with Crippen LogP contribution < -0.4 is 0 Å². The van der Waals surface area contributed by atoms with Crippen LogP contribution in [-0.4, -0.2) is 31.6 Å². The highest BCUT2D eigenvalue weighted by atomic mass is 32.2. The Bertz CT molecular complexity index is 819. The normalized spacial score (nSPS) is 10.3. The average Bonchev–Trinajstić information content (AvgIpc) is 3.01. The molecule has 5 nitrogen and oxygen atoms in total. The molecule has 0 fully saturated rings. The van der Waals surface area contributed by atoms with Crippen molar-refractivity contribution in [1.29, 1.82) is 0 Å². The number of benzene rings is 1. The number of aliphatic hydroxyl groups excluding tert-OH is 1. The molecule has 6 heteroatoms. The zero-order chi connectivity index (χ0) is 14.5. The second-order valence-corrected chi connectivity index (χ2v) is 5.15. The third-order valence-electron chi connectivity index (χ3n) is 2.87. The second-order valence-electron chi connectivity index (χ2n) is 4.19. The molecule has 1 aromatic carbocycles. The van der Waals surface area contributed by atoms with Gasteiger partial charge in [-0.15, -0.1) is 0 Å². The lowest BCUT2D eigenvalue weighted by atomic mass is 10.1. The zero-order valence-corrected chi connectivity index (χ0v) is 11.9. The van der Waals surface area contributed by atoms with Crippen LogP contribution in [0.1, 0.15) is 11.1 Å². The number of thioether (sulfide) groups is 1. The van der Waals surface area contributed by atoms with Gasteiger partial charge in [0.1, 0.15) is 23.5 Å². The van der Waals surface area contributed by atoms with Gasteiger partial charge in [0.2, 0.25) is 0 Å². The van der Waals surface area contributed by atoms with E-state index >= 15 is 0 Å². The van der Waals surface area contributed by atoms with E-state index in [9.17, 15) is 0 Å². The number of hydrogen-bond donors (Lipinski definition) is 2. The summed E-state index contributed by atoms with van der Waals surface area (Å²) in [6.45, 7) is -0.137. The molecule has 0 amide bonds. The quantitative estimate of drug-likeness (QED) is 0.439. The fourth-order valence-electron chi connectivity index (χ4n) is 1.90. The van der Waals surface area contributed by atoms with E-state index in [1.807, 2.05) is 24.3 Å². The molecular formula is C15H12N4OS. The third kappa shape index (κ3) is 3.05. The van der Waals surface area contributed by atoms with Crippen molar-refractivity contribution >= 4 is 22.9 Å². The lowest BCUT2D eigenvalue weighted by Gasteiger charge is -2.04. The summed E-state index contributed by atoms with van der Waals surface area (Å²) < 4.78 is 0. The minimum Gasteiger partial charge on any atom is -0.384 e. The average molecular weight is 296 g/mol. The first-order chi connectivity index (χ1) is 10.4. The van der Waals surface area contributed by atoms with Crippen LogP contribution in [0.5, 0.6) is 0 Å².